The molecule has 0 aromatic heterocycles. The lowest BCUT2D eigenvalue weighted by atomic mass is 9.81. The van der Waals surface area contributed by atoms with Crippen LogP contribution in [0.15, 0.2) is 30.3 Å². The summed E-state index contributed by atoms with van der Waals surface area (Å²) in [5.74, 6) is -0.837. The van der Waals surface area contributed by atoms with Crippen LogP contribution in [0.3, 0.4) is 0 Å². The van der Waals surface area contributed by atoms with Gasteiger partial charge in [0.1, 0.15) is 6.54 Å². The molecule has 2 aliphatic rings. The number of fused-ring (bicyclic) bond motifs is 1. The minimum atomic E-state index is -0.191. The molecule has 0 spiro atoms. The highest BCUT2D eigenvalue weighted by Crippen LogP contribution is 2.37. The maximum absolute atomic E-state index is 12.6. The summed E-state index contributed by atoms with van der Waals surface area (Å²) in [4.78, 5) is 40.5. The van der Waals surface area contributed by atoms with Gasteiger partial charge < -0.3 is 4.90 Å². The fourth-order valence-corrected chi connectivity index (χ4v) is 3.80. The average molecular weight is 328 g/mol. The summed E-state index contributed by atoms with van der Waals surface area (Å²) < 4.78 is 0. The Labute approximate surface area is 142 Å². The van der Waals surface area contributed by atoms with Gasteiger partial charge in [-0.3, -0.25) is 19.3 Å². The van der Waals surface area contributed by atoms with Gasteiger partial charge >= 0.3 is 0 Å². The van der Waals surface area contributed by atoms with Crippen molar-refractivity contribution in [3.63, 3.8) is 0 Å². The van der Waals surface area contributed by atoms with Gasteiger partial charge in [-0.25, -0.2) is 0 Å². The minimum absolute atomic E-state index is 0.120. The van der Waals surface area contributed by atoms with Crippen LogP contribution < -0.4 is 0 Å². The zero-order valence-electron chi connectivity index (χ0n) is 14.1. The van der Waals surface area contributed by atoms with Gasteiger partial charge in [-0.2, -0.15) is 0 Å². The Kier molecular flexibility index (Phi) is 4.97. The molecular weight excluding hydrogens is 304 g/mol. The van der Waals surface area contributed by atoms with Gasteiger partial charge in [0, 0.05) is 13.1 Å². The minimum Gasteiger partial charge on any atom is -0.337 e. The third-order valence-corrected chi connectivity index (χ3v) is 5.18. The monoisotopic (exact) mass is 328 g/mol. The number of likely N-dealkylation sites (tertiary alicyclic amines) is 1. The summed E-state index contributed by atoms with van der Waals surface area (Å²) in [5.41, 5.74) is 1.04. The van der Waals surface area contributed by atoms with E-state index in [0.29, 0.717) is 13.1 Å². The molecule has 5 heteroatoms. The van der Waals surface area contributed by atoms with Crippen molar-refractivity contribution in [2.45, 2.75) is 39.2 Å². The highest BCUT2D eigenvalue weighted by Gasteiger charge is 2.48. The number of amides is 3. The average Bonchev–Trinajstić information content (AvgIpc) is 2.86. The summed E-state index contributed by atoms with van der Waals surface area (Å²) in [6.45, 7) is 2.84. The number of rotatable bonds is 5. The highest BCUT2D eigenvalue weighted by atomic mass is 16.2. The summed E-state index contributed by atoms with van der Waals surface area (Å²) in [6.07, 6.45) is 3.55. The number of nitrogens with zero attached hydrogens (tertiary/aromatic N) is 2. The van der Waals surface area contributed by atoms with E-state index in [9.17, 15) is 14.4 Å². The maximum atomic E-state index is 12.6. The van der Waals surface area contributed by atoms with Gasteiger partial charge in [0.05, 0.1) is 11.8 Å². The zero-order valence-corrected chi connectivity index (χ0v) is 14.1. The lowest BCUT2D eigenvalue weighted by Crippen LogP contribution is -2.42. The van der Waals surface area contributed by atoms with E-state index in [1.807, 2.05) is 37.3 Å². The Hall–Kier alpha value is -2.17. The van der Waals surface area contributed by atoms with Gasteiger partial charge in [-0.15, -0.1) is 0 Å². The molecule has 1 aromatic rings. The topological polar surface area (TPSA) is 57.7 Å². The van der Waals surface area contributed by atoms with Gasteiger partial charge in [0.2, 0.25) is 17.7 Å². The van der Waals surface area contributed by atoms with Crippen molar-refractivity contribution in [3.05, 3.63) is 35.9 Å². The first-order valence-electron chi connectivity index (χ1n) is 8.78. The molecule has 1 aliphatic carbocycles. The van der Waals surface area contributed by atoms with E-state index in [4.69, 9.17) is 0 Å². The standard InChI is InChI=1S/C19H24N2O3/c1-2-20(12-14-8-4-3-5-9-14)17(22)13-21-18(23)15-10-6-7-11-16(15)19(21)24/h3-5,8-9,15-16H,2,6-7,10-13H2,1H3. The molecule has 2 unspecified atom stereocenters. The molecule has 24 heavy (non-hydrogen) atoms. The predicted octanol–water partition coefficient (Wildman–Crippen LogP) is 2.21. The number of hydrogen-bond acceptors (Lipinski definition) is 3. The van der Waals surface area contributed by atoms with Crippen LogP contribution in [0, 0.1) is 11.8 Å². The first kappa shape index (κ1) is 16.7. The quantitative estimate of drug-likeness (QED) is 0.779. The molecule has 3 rings (SSSR count). The molecule has 0 radical (unpaired) electrons. The van der Waals surface area contributed by atoms with Crippen molar-refractivity contribution in [2.75, 3.05) is 13.1 Å². The summed E-state index contributed by atoms with van der Waals surface area (Å²) in [7, 11) is 0. The largest absolute Gasteiger partial charge is 0.337 e. The summed E-state index contributed by atoms with van der Waals surface area (Å²) in [6, 6.07) is 9.75. The molecule has 0 bridgehead atoms. The number of benzene rings is 1. The zero-order chi connectivity index (χ0) is 17.1. The number of hydrogen-bond donors (Lipinski definition) is 0. The molecule has 3 amide bonds. The van der Waals surface area contributed by atoms with Crippen LogP contribution in [0.5, 0.6) is 0 Å². The van der Waals surface area contributed by atoms with Crippen LogP contribution in [-0.2, 0) is 20.9 Å². The van der Waals surface area contributed by atoms with E-state index in [1.54, 1.807) is 4.90 Å². The number of carbonyl (C=O) groups is 3. The van der Waals surface area contributed by atoms with E-state index in [0.717, 1.165) is 31.2 Å². The smallest absolute Gasteiger partial charge is 0.243 e. The second-order valence-electron chi connectivity index (χ2n) is 6.65. The summed E-state index contributed by atoms with van der Waals surface area (Å²) in [5, 5.41) is 0. The van der Waals surface area contributed by atoms with Crippen LogP contribution in [0.1, 0.15) is 38.2 Å². The van der Waals surface area contributed by atoms with Gasteiger partial charge in [-0.1, -0.05) is 43.2 Å². The Morgan fingerprint density at radius 1 is 1.08 bits per heavy atom. The van der Waals surface area contributed by atoms with Crippen LogP contribution >= 0.6 is 0 Å². The van der Waals surface area contributed by atoms with E-state index < -0.39 is 0 Å². The first-order valence-corrected chi connectivity index (χ1v) is 8.78. The van der Waals surface area contributed by atoms with E-state index in [-0.39, 0.29) is 36.1 Å². The normalized spacial score (nSPS) is 23.3. The number of likely N-dealkylation sites (N-methyl/N-ethyl adjacent to an activating group) is 1. The highest BCUT2D eigenvalue weighted by molar-refractivity contribution is 6.07. The molecule has 1 heterocycles. The van der Waals surface area contributed by atoms with Crippen LogP contribution in [0.4, 0.5) is 0 Å². The Bertz CT molecular complexity index is 605. The Morgan fingerprint density at radius 3 is 2.21 bits per heavy atom. The van der Waals surface area contributed by atoms with Crippen molar-refractivity contribution in [1.29, 1.82) is 0 Å². The SMILES string of the molecule is CCN(Cc1ccccc1)C(=O)CN1C(=O)C2CCCCC2C1=O. The van der Waals surface area contributed by atoms with Crippen molar-refractivity contribution in [3.8, 4) is 0 Å². The van der Waals surface area contributed by atoms with Gasteiger partial charge in [0.25, 0.3) is 0 Å². The van der Waals surface area contributed by atoms with Crippen molar-refractivity contribution >= 4 is 17.7 Å². The second-order valence-corrected chi connectivity index (χ2v) is 6.65. The fraction of sp³-hybridized carbons (Fsp3) is 0.526. The van der Waals surface area contributed by atoms with Crippen LogP contribution in [0.2, 0.25) is 0 Å². The molecule has 128 valence electrons. The van der Waals surface area contributed by atoms with Crippen LogP contribution in [-0.4, -0.2) is 40.6 Å². The van der Waals surface area contributed by atoms with Gasteiger partial charge in [-0.05, 0) is 25.3 Å². The fourth-order valence-electron chi connectivity index (χ4n) is 3.80. The Balaban J connectivity index is 1.66. The lowest BCUT2D eigenvalue weighted by Gasteiger charge is -2.24. The third kappa shape index (κ3) is 3.21. The van der Waals surface area contributed by atoms with Crippen molar-refractivity contribution < 1.29 is 14.4 Å². The molecule has 1 saturated heterocycles. The molecular formula is C19H24N2O3. The molecule has 1 saturated carbocycles. The molecule has 0 N–H and O–H groups in total. The summed E-state index contributed by atoms with van der Waals surface area (Å²) >= 11 is 0. The third-order valence-electron chi connectivity index (χ3n) is 5.18. The van der Waals surface area contributed by atoms with E-state index in [2.05, 4.69) is 0 Å². The molecule has 1 aromatic carbocycles. The predicted molar refractivity (Wildman–Crippen MR) is 89.7 cm³/mol. The molecule has 2 fully saturated rings. The molecule has 1 aliphatic heterocycles. The van der Waals surface area contributed by atoms with E-state index >= 15 is 0 Å². The van der Waals surface area contributed by atoms with Gasteiger partial charge in [0.15, 0.2) is 0 Å². The first-order chi connectivity index (χ1) is 11.6. The Morgan fingerprint density at radius 2 is 1.67 bits per heavy atom. The van der Waals surface area contributed by atoms with Crippen LogP contribution in [0.25, 0.3) is 0 Å². The molecule has 5 nitrogen and oxygen atoms in total. The number of carbonyl (C=O) groups excluding carboxylic acids is 3. The van der Waals surface area contributed by atoms with E-state index in [1.165, 1.54) is 4.90 Å². The second kappa shape index (κ2) is 7.16. The van der Waals surface area contributed by atoms with Crippen molar-refractivity contribution in [2.24, 2.45) is 11.8 Å². The maximum Gasteiger partial charge on any atom is 0.243 e. The molecule has 2 atom stereocenters. The number of imide groups is 1. The van der Waals surface area contributed by atoms with Crippen molar-refractivity contribution in [1.82, 2.24) is 9.80 Å². The lowest BCUT2D eigenvalue weighted by molar-refractivity contribution is -0.146.